The van der Waals surface area contributed by atoms with Crippen LogP contribution in [0.1, 0.15) is 17.0 Å². The molecular weight excluding hydrogens is 275 g/mol. The first-order valence-electron chi connectivity index (χ1n) is 5.71. The number of nitrogens with two attached hydrogens (primary N) is 1. The highest BCUT2D eigenvalue weighted by atomic mass is 32.1. The van der Waals surface area contributed by atoms with E-state index >= 15 is 0 Å². The number of rotatable bonds is 4. The molecule has 0 saturated heterocycles. The molecule has 19 heavy (non-hydrogen) atoms. The van der Waals surface area contributed by atoms with Gasteiger partial charge in [0.1, 0.15) is 10.0 Å². The lowest BCUT2D eigenvalue weighted by Gasteiger charge is -2.09. The van der Waals surface area contributed by atoms with Crippen molar-refractivity contribution in [1.29, 1.82) is 0 Å². The fraction of sp³-hybridized carbons (Fsp3) is 0.333. The van der Waals surface area contributed by atoms with E-state index in [1.54, 1.807) is 6.07 Å². The predicted octanol–water partition coefficient (Wildman–Crippen LogP) is 3.12. The predicted molar refractivity (Wildman–Crippen MR) is 67.7 cm³/mol. The Balaban J connectivity index is 2.34. The number of alkyl halides is 3. The fourth-order valence-electron chi connectivity index (χ4n) is 1.63. The number of benzene rings is 1. The molecule has 2 rings (SSSR count). The zero-order chi connectivity index (χ0) is 13.9. The van der Waals surface area contributed by atoms with Crippen LogP contribution >= 0.6 is 11.3 Å². The number of aromatic nitrogens is 2. The van der Waals surface area contributed by atoms with Crippen molar-refractivity contribution in [3.05, 3.63) is 34.8 Å². The summed E-state index contributed by atoms with van der Waals surface area (Å²) in [4.78, 5) is 0. The molecule has 0 aliphatic rings. The zero-order valence-electron chi connectivity index (χ0n) is 9.94. The van der Waals surface area contributed by atoms with Gasteiger partial charge in [0.25, 0.3) is 0 Å². The Kier molecular flexibility index (Phi) is 4.16. The summed E-state index contributed by atoms with van der Waals surface area (Å²) in [6.07, 6.45) is -3.00. The topological polar surface area (TPSA) is 51.8 Å². The van der Waals surface area contributed by atoms with Gasteiger partial charge in [-0.2, -0.15) is 13.2 Å². The Morgan fingerprint density at radius 1 is 1.16 bits per heavy atom. The first kappa shape index (κ1) is 14.0. The maximum absolute atomic E-state index is 12.9. The van der Waals surface area contributed by atoms with Crippen LogP contribution in [-0.4, -0.2) is 16.7 Å². The summed E-state index contributed by atoms with van der Waals surface area (Å²) in [6.45, 7) is 0.522. The molecule has 3 nitrogen and oxygen atoms in total. The molecule has 7 heteroatoms. The minimum Gasteiger partial charge on any atom is -0.330 e. The average molecular weight is 287 g/mol. The molecule has 0 radical (unpaired) electrons. The van der Waals surface area contributed by atoms with Gasteiger partial charge >= 0.3 is 6.18 Å². The van der Waals surface area contributed by atoms with Crippen molar-refractivity contribution < 1.29 is 13.2 Å². The summed E-state index contributed by atoms with van der Waals surface area (Å²) < 4.78 is 38.7. The van der Waals surface area contributed by atoms with Crippen LogP contribution in [0.15, 0.2) is 24.3 Å². The fourth-order valence-corrected chi connectivity index (χ4v) is 2.55. The van der Waals surface area contributed by atoms with Crippen molar-refractivity contribution in [2.24, 2.45) is 5.73 Å². The Morgan fingerprint density at radius 2 is 1.89 bits per heavy atom. The van der Waals surface area contributed by atoms with Gasteiger partial charge in [-0.1, -0.05) is 29.5 Å². The maximum Gasteiger partial charge on any atom is 0.417 e. The van der Waals surface area contributed by atoms with Crippen LogP contribution in [-0.2, 0) is 12.6 Å². The van der Waals surface area contributed by atoms with Crippen molar-refractivity contribution in [3.8, 4) is 10.6 Å². The minimum absolute atomic E-state index is 0.0755. The third kappa shape index (κ3) is 3.30. The Bertz CT molecular complexity index is 551. The van der Waals surface area contributed by atoms with Crippen LogP contribution in [0.4, 0.5) is 13.2 Å². The molecule has 0 amide bonds. The van der Waals surface area contributed by atoms with E-state index in [1.807, 2.05) is 0 Å². The first-order chi connectivity index (χ1) is 9.02. The van der Waals surface area contributed by atoms with Crippen LogP contribution in [0.3, 0.4) is 0 Å². The second kappa shape index (κ2) is 5.66. The van der Waals surface area contributed by atoms with E-state index in [9.17, 15) is 13.2 Å². The van der Waals surface area contributed by atoms with E-state index in [0.29, 0.717) is 23.0 Å². The van der Waals surface area contributed by atoms with Crippen molar-refractivity contribution in [3.63, 3.8) is 0 Å². The van der Waals surface area contributed by atoms with E-state index in [4.69, 9.17) is 5.73 Å². The van der Waals surface area contributed by atoms with Crippen LogP contribution in [0.2, 0.25) is 0 Å². The summed E-state index contributed by atoms with van der Waals surface area (Å²) in [5, 5.41) is 8.74. The zero-order valence-corrected chi connectivity index (χ0v) is 10.8. The molecule has 1 aromatic heterocycles. The van der Waals surface area contributed by atoms with Crippen molar-refractivity contribution in [2.45, 2.75) is 19.0 Å². The molecule has 0 aliphatic carbocycles. The molecule has 0 fully saturated rings. The lowest BCUT2D eigenvalue weighted by Crippen LogP contribution is -2.06. The first-order valence-corrected chi connectivity index (χ1v) is 6.53. The highest BCUT2D eigenvalue weighted by Crippen LogP contribution is 2.37. The van der Waals surface area contributed by atoms with Gasteiger partial charge in [-0.05, 0) is 19.0 Å². The summed E-state index contributed by atoms with van der Waals surface area (Å²) >= 11 is 1.18. The number of halogens is 3. The summed E-state index contributed by atoms with van der Waals surface area (Å²) in [7, 11) is 0. The van der Waals surface area contributed by atoms with Crippen LogP contribution in [0, 0.1) is 0 Å². The molecule has 0 aliphatic heterocycles. The van der Waals surface area contributed by atoms with Gasteiger partial charge in [0.05, 0.1) is 5.56 Å². The normalized spacial score (nSPS) is 11.8. The van der Waals surface area contributed by atoms with Gasteiger partial charge in [-0.15, -0.1) is 10.2 Å². The Hall–Kier alpha value is -1.47. The highest BCUT2D eigenvalue weighted by Gasteiger charge is 2.34. The molecular formula is C12H12F3N3S. The number of hydrogen-bond acceptors (Lipinski definition) is 4. The molecule has 2 N–H and O–H groups in total. The van der Waals surface area contributed by atoms with E-state index in [2.05, 4.69) is 10.2 Å². The van der Waals surface area contributed by atoms with Gasteiger partial charge in [-0.3, -0.25) is 0 Å². The molecule has 102 valence electrons. The molecule has 1 heterocycles. The lowest BCUT2D eigenvalue weighted by molar-refractivity contribution is -0.137. The highest BCUT2D eigenvalue weighted by molar-refractivity contribution is 7.14. The van der Waals surface area contributed by atoms with Crippen molar-refractivity contribution in [1.82, 2.24) is 10.2 Å². The van der Waals surface area contributed by atoms with Crippen LogP contribution < -0.4 is 5.73 Å². The van der Waals surface area contributed by atoms with E-state index in [-0.39, 0.29) is 5.56 Å². The lowest BCUT2D eigenvalue weighted by atomic mass is 10.1. The van der Waals surface area contributed by atoms with Crippen molar-refractivity contribution >= 4 is 11.3 Å². The van der Waals surface area contributed by atoms with Gasteiger partial charge in [0.2, 0.25) is 0 Å². The molecule has 0 bridgehead atoms. The Labute approximate surface area is 112 Å². The number of nitrogens with zero attached hydrogens (tertiary/aromatic N) is 2. The SMILES string of the molecule is NCCCc1nnc(-c2ccccc2C(F)(F)F)s1. The quantitative estimate of drug-likeness (QED) is 0.940. The van der Waals surface area contributed by atoms with Gasteiger partial charge < -0.3 is 5.73 Å². The average Bonchev–Trinajstić information content (AvgIpc) is 2.84. The minimum atomic E-state index is -4.39. The van der Waals surface area contributed by atoms with Crippen LogP contribution in [0.5, 0.6) is 0 Å². The smallest absolute Gasteiger partial charge is 0.330 e. The third-order valence-electron chi connectivity index (χ3n) is 2.52. The van der Waals surface area contributed by atoms with Crippen LogP contribution in [0.25, 0.3) is 10.6 Å². The molecule has 0 atom stereocenters. The molecule has 0 unspecified atom stereocenters. The molecule has 1 aromatic carbocycles. The van der Waals surface area contributed by atoms with E-state index in [0.717, 1.165) is 12.5 Å². The van der Waals surface area contributed by atoms with E-state index in [1.165, 1.54) is 23.5 Å². The summed E-state index contributed by atoms with van der Waals surface area (Å²) in [6, 6.07) is 5.39. The number of hydrogen-bond donors (Lipinski definition) is 1. The molecule has 0 spiro atoms. The number of aryl methyl sites for hydroxylation is 1. The standard InChI is InChI=1S/C12H12F3N3S/c13-12(14,15)9-5-2-1-4-8(9)11-18-17-10(19-11)6-3-7-16/h1-2,4-5H,3,6-7,16H2. The maximum atomic E-state index is 12.9. The largest absolute Gasteiger partial charge is 0.417 e. The Morgan fingerprint density at radius 3 is 2.58 bits per heavy atom. The van der Waals surface area contributed by atoms with E-state index < -0.39 is 11.7 Å². The molecule has 0 saturated carbocycles. The monoisotopic (exact) mass is 287 g/mol. The molecule has 2 aromatic rings. The second-order valence-electron chi connectivity index (χ2n) is 3.94. The second-order valence-corrected chi connectivity index (χ2v) is 5.00. The summed E-state index contributed by atoms with van der Waals surface area (Å²) in [5.74, 6) is 0. The van der Waals surface area contributed by atoms with Crippen molar-refractivity contribution in [2.75, 3.05) is 6.54 Å². The van der Waals surface area contributed by atoms with Gasteiger partial charge in [0.15, 0.2) is 0 Å². The summed E-state index contributed by atoms with van der Waals surface area (Å²) in [5.41, 5.74) is 4.77. The van der Waals surface area contributed by atoms with Gasteiger partial charge in [0, 0.05) is 12.0 Å². The van der Waals surface area contributed by atoms with Gasteiger partial charge in [-0.25, -0.2) is 0 Å². The third-order valence-corrected chi connectivity index (χ3v) is 3.54.